The third kappa shape index (κ3) is 4.30. The number of carbonyl (C=O) groups is 2. The number of dihydropyridines is 1. The smallest absolute Gasteiger partial charge is 0.234 e. The van der Waals surface area contributed by atoms with E-state index >= 15 is 0 Å². The molecule has 4 rings (SSSR count). The first-order chi connectivity index (χ1) is 15.0. The minimum atomic E-state index is -0.533. The number of rotatable bonds is 5. The van der Waals surface area contributed by atoms with Crippen molar-refractivity contribution in [3.63, 3.8) is 0 Å². The quantitative estimate of drug-likeness (QED) is 0.710. The van der Waals surface area contributed by atoms with Crippen LogP contribution in [0.4, 0.5) is 5.69 Å². The van der Waals surface area contributed by atoms with Crippen LogP contribution in [0.5, 0.6) is 0 Å². The molecule has 1 amide bonds. The van der Waals surface area contributed by atoms with Crippen molar-refractivity contribution < 1.29 is 14.0 Å². The zero-order valence-corrected chi connectivity index (χ0v) is 18.3. The normalized spacial score (nSPS) is 18.4. The lowest BCUT2D eigenvalue weighted by Gasteiger charge is -2.32. The Morgan fingerprint density at radius 3 is 2.84 bits per heavy atom. The monoisotopic (exact) mass is 433 g/mol. The Morgan fingerprint density at radius 1 is 1.29 bits per heavy atom. The van der Waals surface area contributed by atoms with E-state index in [2.05, 4.69) is 16.7 Å². The Bertz CT molecular complexity index is 1140. The number of nitrogens with one attached hydrogen (secondary N) is 2. The summed E-state index contributed by atoms with van der Waals surface area (Å²) in [5.41, 5.74) is 4.87. The molecule has 6 nitrogen and oxygen atoms in total. The molecule has 0 unspecified atom stereocenters. The number of furan rings is 1. The van der Waals surface area contributed by atoms with Gasteiger partial charge in [0.25, 0.3) is 0 Å². The van der Waals surface area contributed by atoms with Gasteiger partial charge in [0.05, 0.1) is 34.6 Å². The lowest BCUT2D eigenvalue weighted by atomic mass is 9.79. The van der Waals surface area contributed by atoms with Crippen LogP contribution in [0.25, 0.3) is 0 Å². The molecule has 0 fully saturated rings. The van der Waals surface area contributed by atoms with Crippen molar-refractivity contribution in [1.29, 1.82) is 5.26 Å². The number of anilines is 1. The Morgan fingerprint density at radius 2 is 2.13 bits per heavy atom. The molecule has 0 bridgehead atoms. The summed E-state index contributed by atoms with van der Waals surface area (Å²) < 4.78 is 5.59. The van der Waals surface area contributed by atoms with Crippen LogP contribution in [0.2, 0.25) is 0 Å². The van der Waals surface area contributed by atoms with Crippen LogP contribution < -0.4 is 10.6 Å². The van der Waals surface area contributed by atoms with Crippen LogP contribution in [0.3, 0.4) is 0 Å². The van der Waals surface area contributed by atoms with Crippen LogP contribution in [0, 0.1) is 25.2 Å². The lowest BCUT2D eigenvalue weighted by Crippen LogP contribution is -2.31. The van der Waals surface area contributed by atoms with Crippen molar-refractivity contribution in [2.75, 3.05) is 11.1 Å². The molecule has 2 aliphatic rings. The molecule has 7 heteroatoms. The number of nitrogens with zero attached hydrogens (tertiary/aromatic N) is 1. The average Bonchev–Trinajstić information content (AvgIpc) is 3.28. The number of carbonyl (C=O) groups excluding carboxylic acids is 2. The molecule has 158 valence electrons. The molecule has 1 aliphatic carbocycles. The van der Waals surface area contributed by atoms with Gasteiger partial charge in [-0.3, -0.25) is 9.59 Å². The predicted molar refractivity (Wildman–Crippen MR) is 120 cm³/mol. The number of ketones is 1. The Kier molecular flexibility index (Phi) is 6.01. The number of hydrogen-bond acceptors (Lipinski definition) is 6. The van der Waals surface area contributed by atoms with Crippen molar-refractivity contribution in [3.05, 3.63) is 75.4 Å². The van der Waals surface area contributed by atoms with E-state index in [4.69, 9.17) is 4.42 Å². The molecule has 0 saturated heterocycles. The van der Waals surface area contributed by atoms with E-state index in [0.29, 0.717) is 28.4 Å². The summed E-state index contributed by atoms with van der Waals surface area (Å²) in [7, 11) is 0. The first-order valence-corrected chi connectivity index (χ1v) is 11.2. The summed E-state index contributed by atoms with van der Waals surface area (Å²) in [5, 5.41) is 16.7. The van der Waals surface area contributed by atoms with E-state index in [1.54, 1.807) is 18.4 Å². The molecule has 1 aliphatic heterocycles. The van der Waals surface area contributed by atoms with Gasteiger partial charge in [-0.1, -0.05) is 17.8 Å². The molecular weight excluding hydrogens is 410 g/mol. The van der Waals surface area contributed by atoms with E-state index in [1.807, 2.05) is 32.0 Å². The molecule has 31 heavy (non-hydrogen) atoms. The third-order valence-electron chi connectivity index (χ3n) is 5.63. The molecule has 2 N–H and O–H groups in total. The number of Topliss-reactive ketones (excluding diaryl/α,β-unsaturated/α-hetero) is 1. The summed E-state index contributed by atoms with van der Waals surface area (Å²) in [6, 6.07) is 11.6. The maximum Gasteiger partial charge on any atom is 0.234 e. The van der Waals surface area contributed by atoms with E-state index in [0.717, 1.165) is 35.4 Å². The Hall–Kier alpha value is -3.24. The zero-order valence-electron chi connectivity index (χ0n) is 17.5. The molecular formula is C24H23N3O3S. The van der Waals surface area contributed by atoms with E-state index < -0.39 is 5.92 Å². The van der Waals surface area contributed by atoms with Gasteiger partial charge < -0.3 is 15.1 Å². The van der Waals surface area contributed by atoms with Gasteiger partial charge in [-0.25, -0.2) is 0 Å². The highest BCUT2D eigenvalue weighted by atomic mass is 32.2. The molecule has 2 heterocycles. The van der Waals surface area contributed by atoms with E-state index in [-0.39, 0.29) is 17.4 Å². The summed E-state index contributed by atoms with van der Waals surface area (Å²) >= 11 is 1.27. The topological polar surface area (TPSA) is 95.1 Å². The first-order valence-electron chi connectivity index (χ1n) is 10.2. The van der Waals surface area contributed by atoms with E-state index in [1.165, 1.54) is 11.8 Å². The highest BCUT2D eigenvalue weighted by molar-refractivity contribution is 8.03. The van der Waals surface area contributed by atoms with Gasteiger partial charge in [-0.15, -0.1) is 0 Å². The van der Waals surface area contributed by atoms with Crippen LogP contribution in [0.15, 0.2) is 62.9 Å². The van der Waals surface area contributed by atoms with Gasteiger partial charge in [0.15, 0.2) is 5.78 Å². The maximum atomic E-state index is 12.7. The summed E-state index contributed by atoms with van der Waals surface area (Å²) in [5.74, 6) is 0.0585. The predicted octanol–water partition coefficient (Wildman–Crippen LogP) is 4.70. The zero-order chi connectivity index (χ0) is 22.0. The van der Waals surface area contributed by atoms with Gasteiger partial charge in [0.2, 0.25) is 5.91 Å². The summed E-state index contributed by atoms with van der Waals surface area (Å²) in [6.45, 7) is 4.02. The number of aryl methyl sites for hydroxylation is 2. The van der Waals surface area contributed by atoms with Crippen molar-refractivity contribution >= 4 is 29.1 Å². The fraction of sp³-hybridized carbons (Fsp3) is 0.292. The number of amides is 1. The fourth-order valence-corrected chi connectivity index (χ4v) is 4.79. The van der Waals surface area contributed by atoms with Crippen molar-refractivity contribution in [3.8, 4) is 6.07 Å². The standard InChI is InChI=1S/C24H23N3O3S/c1-14-8-9-16(11-15(14)2)26-21(29)13-31-24-17(12-25)22(20-7-4-10-30-20)23-18(27-24)5-3-6-19(23)28/h4,7-11,22,27H,3,5-6,13H2,1-2H3,(H,26,29)/t22-/m1/s1. The SMILES string of the molecule is Cc1ccc(NC(=O)CSC2=C(C#N)[C@H](c3ccco3)C3=C(CCCC3=O)N2)cc1C. The minimum Gasteiger partial charge on any atom is -0.468 e. The molecule has 2 aromatic rings. The molecule has 1 aromatic heterocycles. The van der Waals surface area contributed by atoms with Gasteiger partial charge in [-0.2, -0.15) is 5.26 Å². The van der Waals surface area contributed by atoms with Crippen LogP contribution in [0.1, 0.15) is 42.1 Å². The number of benzene rings is 1. The molecule has 0 saturated carbocycles. The summed E-state index contributed by atoms with van der Waals surface area (Å²) in [6.07, 6.45) is 3.51. The second kappa shape index (κ2) is 8.86. The highest BCUT2D eigenvalue weighted by Gasteiger charge is 2.38. The van der Waals surface area contributed by atoms with Crippen LogP contribution in [-0.2, 0) is 9.59 Å². The number of allylic oxidation sites excluding steroid dienone is 3. The Labute approximate surface area is 185 Å². The minimum absolute atomic E-state index is 0.0411. The molecule has 1 atom stereocenters. The average molecular weight is 434 g/mol. The van der Waals surface area contributed by atoms with Crippen molar-refractivity contribution in [2.24, 2.45) is 0 Å². The molecule has 0 spiro atoms. The van der Waals surface area contributed by atoms with Gasteiger partial charge in [-0.05, 0) is 62.1 Å². The van der Waals surface area contributed by atoms with Gasteiger partial charge >= 0.3 is 0 Å². The van der Waals surface area contributed by atoms with Gasteiger partial charge in [0, 0.05) is 23.4 Å². The number of hydrogen-bond donors (Lipinski definition) is 2. The second-order valence-corrected chi connectivity index (χ2v) is 8.72. The first kappa shape index (κ1) is 21.0. The van der Waals surface area contributed by atoms with Crippen molar-refractivity contribution in [1.82, 2.24) is 5.32 Å². The Balaban J connectivity index is 1.56. The number of nitriles is 1. The van der Waals surface area contributed by atoms with Crippen LogP contribution >= 0.6 is 11.8 Å². The summed E-state index contributed by atoms with van der Waals surface area (Å²) in [4.78, 5) is 25.2. The second-order valence-electron chi connectivity index (χ2n) is 7.73. The van der Waals surface area contributed by atoms with Crippen LogP contribution in [-0.4, -0.2) is 17.4 Å². The molecule has 0 radical (unpaired) electrons. The number of thioether (sulfide) groups is 1. The third-order valence-corrected chi connectivity index (χ3v) is 6.65. The van der Waals surface area contributed by atoms with Gasteiger partial charge in [0.1, 0.15) is 5.76 Å². The fourth-order valence-electron chi connectivity index (χ4n) is 3.93. The largest absolute Gasteiger partial charge is 0.468 e. The van der Waals surface area contributed by atoms with E-state index in [9.17, 15) is 14.9 Å². The van der Waals surface area contributed by atoms with Crippen molar-refractivity contribution in [2.45, 2.75) is 39.0 Å². The lowest BCUT2D eigenvalue weighted by molar-refractivity contribution is -0.116. The maximum absolute atomic E-state index is 12.7. The molecule has 1 aromatic carbocycles. The highest BCUT2D eigenvalue weighted by Crippen LogP contribution is 2.44.